The van der Waals surface area contributed by atoms with Crippen LogP contribution in [0, 0.1) is 0 Å². The number of primary amides is 1. The molecule has 172 valence electrons. The molecule has 0 aliphatic rings. The summed E-state index contributed by atoms with van der Waals surface area (Å²) in [4.78, 5) is 59.2. The molecule has 0 fully saturated rings. The van der Waals surface area contributed by atoms with E-state index in [9.17, 15) is 24.0 Å². The third-order valence-electron chi connectivity index (χ3n) is 4.05. The number of thioether (sulfide) groups is 1. The first-order chi connectivity index (χ1) is 14.2. The zero-order chi connectivity index (χ0) is 23.1. The Labute approximate surface area is 179 Å². The second-order valence-corrected chi connectivity index (χ2v) is 7.51. The standard InChI is InChI=1S/C17H32N6O6S/c1-30-7-5-11(16(27)23-12(17(28)29)8-13(20)24)22-15(26)10(4-2-3-6-18)21-14(25)9-19/h10-12H,2-9,18-19H2,1H3,(H2,20,24)(H,21,25)(H,22,26)(H,23,27)(H,28,29). The van der Waals surface area contributed by atoms with E-state index in [2.05, 4.69) is 16.0 Å². The normalized spacial score (nSPS) is 13.6. The van der Waals surface area contributed by atoms with Crippen molar-refractivity contribution in [1.29, 1.82) is 0 Å². The summed E-state index contributed by atoms with van der Waals surface area (Å²) < 4.78 is 0. The second kappa shape index (κ2) is 15.5. The second-order valence-electron chi connectivity index (χ2n) is 6.52. The highest BCUT2D eigenvalue weighted by molar-refractivity contribution is 7.98. The minimum absolute atomic E-state index is 0.210. The molecule has 3 unspecified atom stereocenters. The van der Waals surface area contributed by atoms with E-state index < -0.39 is 54.1 Å². The summed E-state index contributed by atoms with van der Waals surface area (Å²) in [6, 6.07) is -3.49. The largest absolute Gasteiger partial charge is 0.480 e. The number of carboxylic acids is 1. The first kappa shape index (κ1) is 27.6. The van der Waals surface area contributed by atoms with Gasteiger partial charge in [0.15, 0.2) is 0 Å². The van der Waals surface area contributed by atoms with Crippen molar-refractivity contribution in [2.24, 2.45) is 17.2 Å². The Morgan fingerprint density at radius 3 is 1.93 bits per heavy atom. The summed E-state index contributed by atoms with van der Waals surface area (Å²) in [6.07, 6.45) is 2.94. The number of aliphatic carboxylic acids is 1. The summed E-state index contributed by atoms with van der Waals surface area (Å²) in [7, 11) is 0. The number of hydrogen-bond acceptors (Lipinski definition) is 8. The van der Waals surface area contributed by atoms with Crippen molar-refractivity contribution in [3.63, 3.8) is 0 Å². The zero-order valence-electron chi connectivity index (χ0n) is 17.0. The molecule has 0 heterocycles. The molecule has 0 aromatic heterocycles. The van der Waals surface area contributed by atoms with E-state index in [1.165, 1.54) is 11.8 Å². The number of nitrogens with two attached hydrogens (primary N) is 3. The van der Waals surface area contributed by atoms with Crippen molar-refractivity contribution < 1.29 is 29.1 Å². The zero-order valence-corrected chi connectivity index (χ0v) is 17.8. The van der Waals surface area contributed by atoms with E-state index in [-0.39, 0.29) is 13.0 Å². The van der Waals surface area contributed by atoms with E-state index in [4.69, 9.17) is 22.3 Å². The van der Waals surface area contributed by atoms with Crippen molar-refractivity contribution in [2.75, 3.05) is 25.1 Å². The molecule has 0 aromatic rings. The van der Waals surface area contributed by atoms with Crippen LogP contribution in [0.3, 0.4) is 0 Å². The summed E-state index contributed by atoms with van der Waals surface area (Å²) >= 11 is 1.43. The first-order valence-electron chi connectivity index (χ1n) is 9.46. The van der Waals surface area contributed by atoms with Gasteiger partial charge in [0.25, 0.3) is 0 Å². The van der Waals surface area contributed by atoms with Crippen molar-refractivity contribution in [2.45, 2.75) is 50.2 Å². The van der Waals surface area contributed by atoms with Crippen LogP contribution in [0.4, 0.5) is 0 Å². The van der Waals surface area contributed by atoms with Crippen molar-refractivity contribution >= 4 is 41.4 Å². The quantitative estimate of drug-likeness (QED) is 0.121. The Hall–Kier alpha value is -2.38. The van der Waals surface area contributed by atoms with E-state index in [1.54, 1.807) is 6.26 Å². The molecule has 12 nitrogen and oxygen atoms in total. The summed E-state index contributed by atoms with van der Waals surface area (Å²) in [5.41, 5.74) is 15.8. The first-order valence-corrected chi connectivity index (χ1v) is 10.9. The van der Waals surface area contributed by atoms with E-state index in [1.807, 2.05) is 0 Å². The predicted octanol–water partition coefficient (Wildman–Crippen LogP) is -2.76. The molecule has 30 heavy (non-hydrogen) atoms. The van der Waals surface area contributed by atoms with Crippen LogP contribution < -0.4 is 33.2 Å². The van der Waals surface area contributed by atoms with Crippen LogP contribution in [-0.2, 0) is 24.0 Å². The molecule has 4 amide bonds. The van der Waals surface area contributed by atoms with E-state index in [0.717, 1.165) is 0 Å². The predicted molar refractivity (Wildman–Crippen MR) is 112 cm³/mol. The molecule has 0 bridgehead atoms. The minimum atomic E-state index is -1.51. The van der Waals surface area contributed by atoms with Gasteiger partial charge < -0.3 is 38.3 Å². The highest BCUT2D eigenvalue weighted by Gasteiger charge is 2.29. The van der Waals surface area contributed by atoms with Crippen LogP contribution in [0.5, 0.6) is 0 Å². The Bertz CT molecular complexity index is 605. The molecular formula is C17H32N6O6S. The van der Waals surface area contributed by atoms with Crippen LogP contribution in [-0.4, -0.2) is 77.9 Å². The van der Waals surface area contributed by atoms with Crippen LogP contribution >= 0.6 is 11.8 Å². The highest BCUT2D eigenvalue weighted by Crippen LogP contribution is 2.06. The van der Waals surface area contributed by atoms with Crippen LogP contribution in [0.1, 0.15) is 32.1 Å². The maximum atomic E-state index is 12.7. The number of nitrogens with one attached hydrogen (secondary N) is 3. The van der Waals surface area contributed by atoms with Gasteiger partial charge in [0.05, 0.1) is 13.0 Å². The number of carboxylic acid groups (broad SMARTS) is 1. The van der Waals surface area contributed by atoms with Crippen LogP contribution in [0.25, 0.3) is 0 Å². The van der Waals surface area contributed by atoms with Crippen molar-refractivity contribution in [3.05, 3.63) is 0 Å². The number of hydrogen-bond donors (Lipinski definition) is 7. The van der Waals surface area contributed by atoms with Crippen molar-refractivity contribution in [3.8, 4) is 0 Å². The lowest BCUT2D eigenvalue weighted by molar-refractivity contribution is -0.143. The number of carbonyl (C=O) groups excluding carboxylic acids is 4. The van der Waals surface area contributed by atoms with Gasteiger partial charge in [-0.2, -0.15) is 11.8 Å². The summed E-state index contributed by atoms with van der Waals surface area (Å²) in [5.74, 6) is -3.71. The van der Waals surface area contributed by atoms with Gasteiger partial charge >= 0.3 is 5.97 Å². The SMILES string of the molecule is CSCCC(NC(=O)C(CCCCN)NC(=O)CN)C(=O)NC(CC(N)=O)C(=O)O. The Balaban J connectivity index is 5.28. The van der Waals surface area contributed by atoms with Gasteiger partial charge in [0.1, 0.15) is 18.1 Å². The molecule has 0 saturated carbocycles. The maximum absolute atomic E-state index is 12.7. The Morgan fingerprint density at radius 1 is 0.900 bits per heavy atom. The minimum Gasteiger partial charge on any atom is -0.480 e. The molecular weight excluding hydrogens is 416 g/mol. The van der Waals surface area contributed by atoms with Crippen molar-refractivity contribution in [1.82, 2.24) is 16.0 Å². The molecule has 3 atom stereocenters. The number of rotatable bonds is 16. The lowest BCUT2D eigenvalue weighted by Gasteiger charge is -2.24. The number of amides is 4. The summed E-state index contributed by atoms with van der Waals surface area (Å²) in [5, 5.41) is 16.4. The topological polar surface area (TPSA) is 220 Å². The fourth-order valence-corrected chi connectivity index (χ4v) is 2.94. The molecule has 0 aromatic carbocycles. The lowest BCUT2D eigenvalue weighted by Crippen LogP contribution is -2.56. The van der Waals surface area contributed by atoms with Crippen LogP contribution in [0.2, 0.25) is 0 Å². The third kappa shape index (κ3) is 11.6. The van der Waals surface area contributed by atoms with Gasteiger partial charge in [-0.05, 0) is 44.2 Å². The van der Waals surface area contributed by atoms with Gasteiger partial charge in [-0.1, -0.05) is 0 Å². The molecule has 0 rings (SSSR count). The lowest BCUT2D eigenvalue weighted by atomic mass is 10.1. The summed E-state index contributed by atoms with van der Waals surface area (Å²) in [6.45, 7) is 0.124. The van der Waals surface area contributed by atoms with Gasteiger partial charge in [0, 0.05) is 0 Å². The Morgan fingerprint density at radius 2 is 1.47 bits per heavy atom. The molecule has 0 spiro atoms. The number of carbonyl (C=O) groups is 5. The molecule has 0 radical (unpaired) electrons. The molecule has 13 heteroatoms. The van der Waals surface area contributed by atoms with Gasteiger partial charge in [-0.25, -0.2) is 4.79 Å². The van der Waals surface area contributed by atoms with E-state index in [0.29, 0.717) is 31.6 Å². The smallest absolute Gasteiger partial charge is 0.326 e. The fraction of sp³-hybridized carbons (Fsp3) is 0.706. The molecule has 0 aliphatic carbocycles. The molecule has 0 aliphatic heterocycles. The average Bonchev–Trinajstić information content (AvgIpc) is 2.68. The third-order valence-corrected chi connectivity index (χ3v) is 4.69. The average molecular weight is 449 g/mol. The highest BCUT2D eigenvalue weighted by atomic mass is 32.2. The van der Waals surface area contributed by atoms with Gasteiger partial charge in [-0.3, -0.25) is 19.2 Å². The van der Waals surface area contributed by atoms with Crippen LogP contribution in [0.15, 0.2) is 0 Å². The molecule has 0 saturated heterocycles. The van der Waals surface area contributed by atoms with Gasteiger partial charge in [-0.15, -0.1) is 0 Å². The van der Waals surface area contributed by atoms with Gasteiger partial charge in [0.2, 0.25) is 23.6 Å². The molecule has 10 N–H and O–H groups in total. The number of unbranched alkanes of at least 4 members (excludes halogenated alkanes) is 1. The van der Waals surface area contributed by atoms with E-state index >= 15 is 0 Å². The fourth-order valence-electron chi connectivity index (χ4n) is 2.47. The maximum Gasteiger partial charge on any atom is 0.326 e. The Kier molecular flexibility index (Phi) is 14.2. The monoisotopic (exact) mass is 448 g/mol.